The van der Waals surface area contributed by atoms with Crippen LogP contribution in [0.5, 0.6) is 11.5 Å². The van der Waals surface area contributed by atoms with Crippen molar-refractivity contribution in [3.8, 4) is 11.5 Å². The van der Waals surface area contributed by atoms with Crippen molar-refractivity contribution in [1.82, 2.24) is 0 Å². The van der Waals surface area contributed by atoms with Crippen molar-refractivity contribution in [2.45, 2.75) is 4.90 Å². The van der Waals surface area contributed by atoms with Crippen LogP contribution in [0.3, 0.4) is 0 Å². The summed E-state index contributed by atoms with van der Waals surface area (Å²) in [5.74, 6) is -3.42. The first-order chi connectivity index (χ1) is 15.7. The molecular weight excluding hydrogens is 461 g/mol. The van der Waals surface area contributed by atoms with Gasteiger partial charge in [-0.05, 0) is 36.4 Å². The molecular formula is C22H19F3N2O5S. The van der Waals surface area contributed by atoms with E-state index in [1.54, 1.807) is 0 Å². The van der Waals surface area contributed by atoms with Crippen molar-refractivity contribution in [2.24, 2.45) is 0 Å². The molecule has 7 nitrogen and oxygen atoms in total. The highest BCUT2D eigenvalue weighted by atomic mass is 32.2. The first kappa shape index (κ1) is 23.9. The van der Waals surface area contributed by atoms with Gasteiger partial charge in [0.25, 0.3) is 10.0 Å². The molecule has 0 aromatic heterocycles. The van der Waals surface area contributed by atoms with E-state index >= 15 is 0 Å². The van der Waals surface area contributed by atoms with Crippen molar-refractivity contribution in [3.63, 3.8) is 0 Å². The van der Waals surface area contributed by atoms with Gasteiger partial charge in [-0.2, -0.15) is 0 Å². The minimum absolute atomic E-state index is 0.102. The molecule has 11 heteroatoms. The third-order valence-electron chi connectivity index (χ3n) is 4.56. The lowest BCUT2D eigenvalue weighted by Crippen LogP contribution is -2.38. The second-order valence-electron chi connectivity index (χ2n) is 6.65. The van der Waals surface area contributed by atoms with Crippen LogP contribution in [0.2, 0.25) is 0 Å². The van der Waals surface area contributed by atoms with Crippen molar-refractivity contribution >= 4 is 27.3 Å². The largest absolute Gasteiger partial charge is 0.493 e. The number of para-hydroxylation sites is 1. The predicted octanol–water partition coefficient (Wildman–Crippen LogP) is 3.96. The van der Waals surface area contributed by atoms with Gasteiger partial charge >= 0.3 is 0 Å². The van der Waals surface area contributed by atoms with E-state index < -0.39 is 45.6 Å². The number of ether oxygens (including phenoxy) is 2. The van der Waals surface area contributed by atoms with Crippen LogP contribution >= 0.6 is 0 Å². The maximum absolute atomic E-state index is 14.6. The number of nitrogens with zero attached hydrogens (tertiary/aromatic N) is 1. The Morgan fingerprint density at radius 3 is 2.24 bits per heavy atom. The molecule has 0 aliphatic carbocycles. The zero-order valence-electron chi connectivity index (χ0n) is 17.5. The molecule has 0 fully saturated rings. The Morgan fingerprint density at radius 1 is 0.909 bits per heavy atom. The molecule has 0 aliphatic rings. The maximum Gasteiger partial charge on any atom is 0.265 e. The highest BCUT2D eigenvalue weighted by Crippen LogP contribution is 2.33. The third kappa shape index (κ3) is 5.20. The molecule has 0 bridgehead atoms. The summed E-state index contributed by atoms with van der Waals surface area (Å²) >= 11 is 0. The number of carbonyl (C=O) groups is 1. The van der Waals surface area contributed by atoms with Gasteiger partial charge in [-0.25, -0.2) is 21.6 Å². The Hall–Kier alpha value is -3.73. The van der Waals surface area contributed by atoms with E-state index in [4.69, 9.17) is 9.47 Å². The molecule has 0 radical (unpaired) electrons. The minimum Gasteiger partial charge on any atom is -0.493 e. The smallest absolute Gasteiger partial charge is 0.265 e. The molecule has 0 atom stereocenters. The topological polar surface area (TPSA) is 84.9 Å². The molecule has 33 heavy (non-hydrogen) atoms. The normalized spacial score (nSPS) is 11.1. The van der Waals surface area contributed by atoms with Crippen LogP contribution in [0.15, 0.2) is 65.6 Å². The molecule has 0 spiro atoms. The quantitative estimate of drug-likeness (QED) is 0.528. The fourth-order valence-electron chi connectivity index (χ4n) is 2.97. The van der Waals surface area contributed by atoms with Gasteiger partial charge in [0.2, 0.25) is 5.91 Å². The SMILES string of the molecule is COc1ccc(S(=O)(=O)N(CC(=O)Nc2ccc(F)cc2F)c2ccccc2F)cc1OC. The summed E-state index contributed by atoms with van der Waals surface area (Å²) in [5, 5.41) is 2.17. The Labute approximate surface area is 188 Å². The standard InChI is InChI=1S/C22H19F3N2O5S/c1-31-20-10-8-15(12-21(20)32-2)33(29,30)27(19-6-4-3-5-16(19)24)13-22(28)26-18-9-7-14(23)11-17(18)25/h3-12H,13H2,1-2H3,(H,26,28). The number of hydrogen-bond acceptors (Lipinski definition) is 5. The van der Waals surface area contributed by atoms with E-state index in [1.165, 1.54) is 50.6 Å². The highest BCUT2D eigenvalue weighted by molar-refractivity contribution is 7.92. The van der Waals surface area contributed by atoms with Crippen molar-refractivity contribution < 1.29 is 35.9 Å². The first-order valence-electron chi connectivity index (χ1n) is 9.41. The number of amides is 1. The molecule has 0 heterocycles. The fraction of sp³-hybridized carbons (Fsp3) is 0.136. The lowest BCUT2D eigenvalue weighted by molar-refractivity contribution is -0.114. The zero-order chi connectivity index (χ0) is 24.2. The monoisotopic (exact) mass is 480 g/mol. The molecule has 0 unspecified atom stereocenters. The second kappa shape index (κ2) is 9.82. The minimum atomic E-state index is -4.50. The van der Waals surface area contributed by atoms with Gasteiger partial charge < -0.3 is 14.8 Å². The van der Waals surface area contributed by atoms with Gasteiger partial charge in [0.1, 0.15) is 24.0 Å². The maximum atomic E-state index is 14.6. The van der Waals surface area contributed by atoms with Crippen LogP contribution in [0.1, 0.15) is 0 Å². The Balaban J connectivity index is 2.01. The van der Waals surface area contributed by atoms with Crippen molar-refractivity contribution in [3.05, 3.63) is 78.1 Å². The molecule has 174 valence electrons. The summed E-state index contributed by atoms with van der Waals surface area (Å²) < 4.78 is 79.2. The lowest BCUT2D eigenvalue weighted by Gasteiger charge is -2.25. The van der Waals surface area contributed by atoms with Gasteiger partial charge in [-0.1, -0.05) is 12.1 Å². The Morgan fingerprint density at radius 2 is 1.61 bits per heavy atom. The molecule has 3 rings (SSSR count). The summed E-state index contributed by atoms with van der Waals surface area (Å²) in [4.78, 5) is 12.3. The summed E-state index contributed by atoms with van der Waals surface area (Å²) in [6, 6.07) is 11.2. The van der Waals surface area contributed by atoms with Crippen LogP contribution in [0.25, 0.3) is 0 Å². The summed E-state index contributed by atoms with van der Waals surface area (Å²) in [6.07, 6.45) is 0. The number of hydrogen-bond donors (Lipinski definition) is 1. The van der Waals surface area contributed by atoms with E-state index in [9.17, 15) is 26.4 Å². The van der Waals surface area contributed by atoms with Gasteiger partial charge in [0.05, 0.1) is 30.5 Å². The lowest BCUT2D eigenvalue weighted by atomic mass is 10.3. The van der Waals surface area contributed by atoms with E-state index in [0.29, 0.717) is 10.4 Å². The average molecular weight is 480 g/mol. The summed E-state index contributed by atoms with van der Waals surface area (Å²) in [5.41, 5.74) is -0.764. The van der Waals surface area contributed by atoms with Crippen LogP contribution in [-0.2, 0) is 14.8 Å². The van der Waals surface area contributed by atoms with Crippen molar-refractivity contribution in [2.75, 3.05) is 30.4 Å². The number of benzene rings is 3. The fourth-order valence-corrected chi connectivity index (χ4v) is 4.41. The third-order valence-corrected chi connectivity index (χ3v) is 6.31. The number of sulfonamides is 1. The second-order valence-corrected chi connectivity index (χ2v) is 8.51. The van der Waals surface area contributed by atoms with E-state index in [2.05, 4.69) is 5.32 Å². The number of halogens is 3. The Kier molecular flexibility index (Phi) is 7.12. The summed E-state index contributed by atoms with van der Waals surface area (Å²) in [7, 11) is -1.81. The van der Waals surface area contributed by atoms with E-state index in [1.807, 2.05) is 0 Å². The molecule has 0 saturated heterocycles. The van der Waals surface area contributed by atoms with E-state index in [0.717, 1.165) is 18.2 Å². The number of methoxy groups -OCH3 is 2. The van der Waals surface area contributed by atoms with Crippen LogP contribution < -0.4 is 19.1 Å². The number of anilines is 2. The first-order valence-corrected chi connectivity index (χ1v) is 10.9. The molecule has 3 aromatic carbocycles. The number of carbonyl (C=O) groups excluding carboxylic acids is 1. The van der Waals surface area contributed by atoms with Crippen LogP contribution in [0, 0.1) is 17.5 Å². The van der Waals surface area contributed by atoms with Crippen molar-refractivity contribution in [1.29, 1.82) is 0 Å². The zero-order valence-corrected chi connectivity index (χ0v) is 18.3. The van der Waals surface area contributed by atoms with Crippen LogP contribution in [-0.4, -0.2) is 35.1 Å². The average Bonchev–Trinajstić information content (AvgIpc) is 2.79. The van der Waals surface area contributed by atoms with Crippen LogP contribution in [0.4, 0.5) is 24.5 Å². The highest BCUT2D eigenvalue weighted by Gasteiger charge is 2.30. The molecule has 0 aliphatic heterocycles. The number of nitrogens with one attached hydrogen (secondary N) is 1. The van der Waals surface area contributed by atoms with Gasteiger partial charge in [-0.15, -0.1) is 0 Å². The predicted molar refractivity (Wildman–Crippen MR) is 115 cm³/mol. The van der Waals surface area contributed by atoms with Gasteiger partial charge in [0.15, 0.2) is 11.5 Å². The van der Waals surface area contributed by atoms with E-state index in [-0.39, 0.29) is 22.1 Å². The molecule has 1 amide bonds. The van der Waals surface area contributed by atoms with Gasteiger partial charge in [0, 0.05) is 12.1 Å². The molecule has 1 N–H and O–H groups in total. The van der Waals surface area contributed by atoms with Gasteiger partial charge in [-0.3, -0.25) is 9.10 Å². The molecule has 0 saturated carbocycles. The Bertz CT molecular complexity index is 1280. The molecule has 3 aromatic rings. The number of rotatable bonds is 8. The summed E-state index contributed by atoms with van der Waals surface area (Å²) in [6.45, 7) is -0.894.